The molecular formula is C15H24N2O2. The molecule has 1 atom stereocenters. The molecule has 1 aliphatic rings. The van der Waals surface area contributed by atoms with Crippen molar-refractivity contribution in [2.45, 2.75) is 26.5 Å². The summed E-state index contributed by atoms with van der Waals surface area (Å²) in [6.45, 7) is 8.02. The Hall–Kier alpha value is -1.10. The van der Waals surface area contributed by atoms with Crippen LogP contribution in [-0.2, 0) is 11.3 Å². The Balaban J connectivity index is 1.99. The van der Waals surface area contributed by atoms with E-state index in [1.54, 1.807) is 0 Å². The van der Waals surface area contributed by atoms with Crippen LogP contribution >= 0.6 is 0 Å². The zero-order valence-corrected chi connectivity index (χ0v) is 12.1. The third kappa shape index (κ3) is 3.69. The molecule has 0 amide bonds. The van der Waals surface area contributed by atoms with Gasteiger partial charge in [0.25, 0.3) is 0 Å². The second-order valence-corrected chi connectivity index (χ2v) is 5.33. The van der Waals surface area contributed by atoms with Crippen molar-refractivity contribution < 1.29 is 9.47 Å². The van der Waals surface area contributed by atoms with Crippen molar-refractivity contribution in [3.8, 4) is 5.75 Å². The number of hydrogen-bond acceptors (Lipinski definition) is 4. The molecule has 1 unspecified atom stereocenters. The summed E-state index contributed by atoms with van der Waals surface area (Å²) in [6.07, 6.45) is 0.159. The molecule has 0 aliphatic carbocycles. The summed E-state index contributed by atoms with van der Waals surface area (Å²) in [5, 5.41) is 0. The van der Waals surface area contributed by atoms with Gasteiger partial charge in [-0.25, -0.2) is 0 Å². The number of hydrogen-bond donors (Lipinski definition) is 1. The van der Waals surface area contributed by atoms with Gasteiger partial charge < -0.3 is 20.1 Å². The second kappa shape index (κ2) is 6.37. The van der Waals surface area contributed by atoms with Gasteiger partial charge in [-0.3, -0.25) is 0 Å². The lowest BCUT2D eigenvalue weighted by molar-refractivity contribution is -0.0405. The molecule has 2 rings (SSSR count). The molecule has 4 heteroatoms. The van der Waals surface area contributed by atoms with E-state index in [0.29, 0.717) is 13.2 Å². The third-order valence-electron chi connectivity index (χ3n) is 3.51. The van der Waals surface area contributed by atoms with E-state index >= 15 is 0 Å². The van der Waals surface area contributed by atoms with Crippen LogP contribution in [0.1, 0.15) is 16.7 Å². The normalized spacial score (nSPS) is 20.5. The first-order valence-electron chi connectivity index (χ1n) is 6.83. The van der Waals surface area contributed by atoms with Crippen LogP contribution in [0.5, 0.6) is 5.75 Å². The summed E-state index contributed by atoms with van der Waals surface area (Å²) in [7, 11) is 2.11. The molecule has 0 bridgehead atoms. The highest BCUT2D eigenvalue weighted by molar-refractivity contribution is 5.43. The summed E-state index contributed by atoms with van der Waals surface area (Å²) < 4.78 is 11.7. The Labute approximate surface area is 115 Å². The molecule has 4 nitrogen and oxygen atoms in total. The number of aryl methyl sites for hydroxylation is 2. The molecule has 0 aromatic heterocycles. The third-order valence-corrected chi connectivity index (χ3v) is 3.51. The minimum absolute atomic E-state index is 0.159. The second-order valence-electron chi connectivity index (χ2n) is 5.33. The van der Waals surface area contributed by atoms with E-state index in [2.05, 4.69) is 37.9 Å². The predicted octanol–water partition coefficient (Wildman–Crippen LogP) is 1.47. The first-order valence-corrected chi connectivity index (χ1v) is 6.83. The Morgan fingerprint density at radius 2 is 2.05 bits per heavy atom. The Bertz CT molecular complexity index is 411. The molecule has 1 aliphatic heterocycles. The van der Waals surface area contributed by atoms with Crippen molar-refractivity contribution in [2.75, 3.05) is 33.4 Å². The number of ether oxygens (including phenoxy) is 2. The smallest absolute Gasteiger partial charge is 0.125 e. The molecule has 1 aromatic carbocycles. The summed E-state index contributed by atoms with van der Waals surface area (Å²) in [4.78, 5) is 2.27. The average Bonchev–Trinajstić information content (AvgIpc) is 2.37. The quantitative estimate of drug-likeness (QED) is 0.894. The summed E-state index contributed by atoms with van der Waals surface area (Å²) in [5.41, 5.74) is 9.11. The van der Waals surface area contributed by atoms with Crippen LogP contribution in [0.3, 0.4) is 0 Å². The van der Waals surface area contributed by atoms with Gasteiger partial charge in [-0.1, -0.05) is 12.1 Å². The van der Waals surface area contributed by atoms with Gasteiger partial charge in [0.2, 0.25) is 0 Å². The van der Waals surface area contributed by atoms with Crippen molar-refractivity contribution in [3.63, 3.8) is 0 Å². The lowest BCUT2D eigenvalue weighted by atomic mass is 10.1. The van der Waals surface area contributed by atoms with Crippen molar-refractivity contribution in [2.24, 2.45) is 5.73 Å². The van der Waals surface area contributed by atoms with Gasteiger partial charge in [0.05, 0.1) is 6.61 Å². The van der Waals surface area contributed by atoms with Gasteiger partial charge in [0.1, 0.15) is 18.5 Å². The van der Waals surface area contributed by atoms with E-state index in [9.17, 15) is 0 Å². The van der Waals surface area contributed by atoms with Crippen LogP contribution in [0.25, 0.3) is 0 Å². The number of nitrogens with two attached hydrogens (primary N) is 1. The molecular weight excluding hydrogens is 240 g/mol. The summed E-state index contributed by atoms with van der Waals surface area (Å²) in [5.74, 6) is 0.967. The Kier molecular flexibility index (Phi) is 4.80. The molecule has 106 valence electrons. The highest BCUT2D eigenvalue weighted by Crippen LogP contribution is 2.25. The number of benzene rings is 1. The molecule has 1 saturated heterocycles. The van der Waals surface area contributed by atoms with E-state index in [0.717, 1.165) is 42.1 Å². The molecule has 0 saturated carbocycles. The van der Waals surface area contributed by atoms with Crippen LogP contribution in [0.4, 0.5) is 0 Å². The average molecular weight is 264 g/mol. The van der Waals surface area contributed by atoms with E-state index < -0.39 is 0 Å². The summed E-state index contributed by atoms with van der Waals surface area (Å²) >= 11 is 0. The van der Waals surface area contributed by atoms with Gasteiger partial charge in [-0.05, 0) is 37.6 Å². The summed E-state index contributed by atoms with van der Waals surface area (Å²) in [6, 6.07) is 4.19. The van der Waals surface area contributed by atoms with Crippen LogP contribution in [0.15, 0.2) is 12.1 Å². The molecule has 19 heavy (non-hydrogen) atoms. The zero-order valence-electron chi connectivity index (χ0n) is 12.1. The molecule has 1 aromatic rings. The van der Waals surface area contributed by atoms with E-state index in [1.807, 2.05) is 0 Å². The first kappa shape index (κ1) is 14.3. The number of rotatable bonds is 4. The minimum atomic E-state index is 0.159. The number of morpholine rings is 1. The van der Waals surface area contributed by atoms with Gasteiger partial charge in [-0.2, -0.15) is 0 Å². The number of nitrogens with zero attached hydrogens (tertiary/aromatic N) is 1. The highest BCUT2D eigenvalue weighted by Gasteiger charge is 2.19. The van der Waals surface area contributed by atoms with Gasteiger partial charge in [-0.15, -0.1) is 0 Å². The maximum Gasteiger partial charge on any atom is 0.125 e. The maximum absolute atomic E-state index is 5.96. The van der Waals surface area contributed by atoms with Crippen LogP contribution in [0, 0.1) is 13.8 Å². The van der Waals surface area contributed by atoms with Crippen molar-refractivity contribution in [1.29, 1.82) is 0 Å². The van der Waals surface area contributed by atoms with Crippen LogP contribution < -0.4 is 10.5 Å². The van der Waals surface area contributed by atoms with E-state index in [1.165, 1.54) is 0 Å². The van der Waals surface area contributed by atoms with Crippen molar-refractivity contribution in [1.82, 2.24) is 4.90 Å². The topological polar surface area (TPSA) is 47.7 Å². The van der Waals surface area contributed by atoms with E-state index in [-0.39, 0.29) is 6.10 Å². The fourth-order valence-electron chi connectivity index (χ4n) is 2.53. The van der Waals surface area contributed by atoms with Crippen LogP contribution in [-0.4, -0.2) is 44.4 Å². The lowest BCUT2D eigenvalue weighted by Gasteiger charge is -2.30. The highest BCUT2D eigenvalue weighted by atomic mass is 16.5. The standard InChI is InChI=1S/C15H24N2O2/c1-11-6-13(8-16)7-12(2)15(11)19-10-14-9-17(3)4-5-18-14/h6-7,14H,4-5,8-10,16H2,1-3H3. The molecule has 2 N–H and O–H groups in total. The first-order chi connectivity index (χ1) is 9.10. The molecule has 1 heterocycles. The number of likely N-dealkylation sites (N-methyl/N-ethyl adjacent to an activating group) is 1. The van der Waals surface area contributed by atoms with Crippen molar-refractivity contribution in [3.05, 3.63) is 28.8 Å². The Morgan fingerprint density at radius 3 is 2.63 bits per heavy atom. The largest absolute Gasteiger partial charge is 0.490 e. The fourth-order valence-corrected chi connectivity index (χ4v) is 2.53. The molecule has 0 radical (unpaired) electrons. The van der Waals surface area contributed by atoms with Gasteiger partial charge in [0, 0.05) is 19.6 Å². The minimum Gasteiger partial charge on any atom is -0.490 e. The van der Waals surface area contributed by atoms with E-state index in [4.69, 9.17) is 15.2 Å². The maximum atomic E-state index is 5.96. The predicted molar refractivity (Wildman–Crippen MR) is 76.5 cm³/mol. The SMILES string of the molecule is Cc1cc(CN)cc(C)c1OCC1CN(C)CCO1. The van der Waals surface area contributed by atoms with Gasteiger partial charge in [0.15, 0.2) is 0 Å². The Morgan fingerprint density at radius 1 is 1.37 bits per heavy atom. The van der Waals surface area contributed by atoms with Crippen molar-refractivity contribution >= 4 is 0 Å². The zero-order chi connectivity index (χ0) is 13.8. The lowest BCUT2D eigenvalue weighted by Crippen LogP contribution is -2.42. The molecule has 0 spiro atoms. The van der Waals surface area contributed by atoms with Gasteiger partial charge >= 0.3 is 0 Å². The monoisotopic (exact) mass is 264 g/mol. The fraction of sp³-hybridized carbons (Fsp3) is 0.600. The van der Waals surface area contributed by atoms with Crippen LogP contribution in [0.2, 0.25) is 0 Å². The molecule has 1 fully saturated rings.